The molecule has 140 valence electrons. The van der Waals surface area contributed by atoms with Gasteiger partial charge in [-0.1, -0.05) is 12.1 Å². The van der Waals surface area contributed by atoms with E-state index in [0.717, 1.165) is 19.4 Å². The van der Waals surface area contributed by atoms with Gasteiger partial charge in [-0.25, -0.2) is 4.98 Å². The number of fused-ring (bicyclic) bond motifs is 2. The number of hydrogen-bond donors (Lipinski definition) is 1. The Labute approximate surface area is 159 Å². The van der Waals surface area contributed by atoms with E-state index in [2.05, 4.69) is 29.2 Å². The molecule has 1 N–H and O–H groups in total. The molecule has 1 fully saturated rings. The molecule has 0 saturated carbocycles. The molecular weight excluding hydrogens is 340 g/mol. The van der Waals surface area contributed by atoms with Gasteiger partial charge in [0.25, 0.3) is 5.91 Å². The van der Waals surface area contributed by atoms with Crippen LogP contribution in [0.15, 0.2) is 42.6 Å². The topological polar surface area (TPSA) is 65.5 Å². The molecule has 1 aromatic heterocycles. The van der Waals surface area contributed by atoms with Crippen molar-refractivity contribution in [2.45, 2.75) is 32.2 Å². The molecule has 0 unspecified atom stereocenters. The van der Waals surface area contributed by atoms with E-state index < -0.39 is 0 Å². The lowest BCUT2D eigenvalue weighted by Crippen LogP contribution is -2.39. The smallest absolute Gasteiger partial charge is 0.257 e. The quantitative estimate of drug-likeness (QED) is 0.887. The van der Waals surface area contributed by atoms with E-state index in [4.69, 9.17) is 0 Å². The van der Waals surface area contributed by atoms with Gasteiger partial charge in [0.15, 0.2) is 5.82 Å². The Bertz CT molecular complexity index is 882. The fourth-order valence-electron chi connectivity index (χ4n) is 4.00. The fraction of sp³-hybridized carbons (Fsp3) is 0.381. The lowest BCUT2D eigenvalue weighted by molar-refractivity contribution is -0.119. The van der Waals surface area contributed by atoms with Crippen molar-refractivity contribution in [3.8, 4) is 0 Å². The highest BCUT2D eigenvalue weighted by Crippen LogP contribution is 2.37. The average Bonchev–Trinajstić information content (AvgIpc) is 2.79. The SMILES string of the molecule is C[C@H]1C[C@@H](CC(=O)N2c3ccccc3C(=O)Nc3cccnc32)CCN1C. The number of aromatic nitrogens is 1. The van der Waals surface area contributed by atoms with Crippen LogP contribution in [0.3, 0.4) is 0 Å². The molecular formula is C21H24N4O2. The van der Waals surface area contributed by atoms with Crippen molar-refractivity contribution in [1.29, 1.82) is 0 Å². The van der Waals surface area contributed by atoms with Gasteiger partial charge in [0.1, 0.15) is 0 Å². The Balaban J connectivity index is 1.70. The summed E-state index contributed by atoms with van der Waals surface area (Å²) in [5.41, 5.74) is 1.64. The van der Waals surface area contributed by atoms with Gasteiger partial charge in [-0.15, -0.1) is 0 Å². The minimum Gasteiger partial charge on any atom is -0.319 e. The van der Waals surface area contributed by atoms with Crippen LogP contribution in [0.4, 0.5) is 17.2 Å². The number of anilines is 3. The Morgan fingerprint density at radius 3 is 2.89 bits per heavy atom. The van der Waals surface area contributed by atoms with Crippen molar-refractivity contribution in [1.82, 2.24) is 9.88 Å². The first-order valence-electron chi connectivity index (χ1n) is 9.43. The summed E-state index contributed by atoms with van der Waals surface area (Å²) in [5, 5.41) is 2.88. The molecule has 2 aliphatic heterocycles. The number of hydrogen-bond acceptors (Lipinski definition) is 4. The largest absolute Gasteiger partial charge is 0.319 e. The minimum atomic E-state index is -0.219. The van der Waals surface area contributed by atoms with E-state index in [1.807, 2.05) is 18.2 Å². The number of pyridine rings is 1. The van der Waals surface area contributed by atoms with Crippen LogP contribution >= 0.6 is 0 Å². The van der Waals surface area contributed by atoms with Gasteiger partial charge >= 0.3 is 0 Å². The summed E-state index contributed by atoms with van der Waals surface area (Å²) in [6, 6.07) is 11.2. The van der Waals surface area contributed by atoms with E-state index in [0.29, 0.717) is 41.1 Å². The Hall–Kier alpha value is -2.73. The summed E-state index contributed by atoms with van der Waals surface area (Å²) in [4.78, 5) is 34.4. The summed E-state index contributed by atoms with van der Waals surface area (Å²) in [6.45, 7) is 3.21. The van der Waals surface area contributed by atoms with Crippen LogP contribution in [0.25, 0.3) is 0 Å². The normalized spacial score (nSPS) is 22.4. The molecule has 4 rings (SSSR count). The van der Waals surface area contributed by atoms with Crippen molar-refractivity contribution >= 4 is 29.0 Å². The third-order valence-corrected chi connectivity index (χ3v) is 5.67. The van der Waals surface area contributed by atoms with Crippen LogP contribution < -0.4 is 10.2 Å². The maximum atomic E-state index is 13.4. The van der Waals surface area contributed by atoms with Crippen LogP contribution in [0.5, 0.6) is 0 Å². The van der Waals surface area contributed by atoms with Gasteiger partial charge < -0.3 is 10.2 Å². The maximum absolute atomic E-state index is 13.4. The average molecular weight is 364 g/mol. The van der Waals surface area contributed by atoms with E-state index in [1.54, 1.807) is 29.3 Å². The van der Waals surface area contributed by atoms with Crippen LogP contribution in [-0.2, 0) is 4.79 Å². The maximum Gasteiger partial charge on any atom is 0.257 e. The van der Waals surface area contributed by atoms with Crippen molar-refractivity contribution < 1.29 is 9.59 Å². The molecule has 6 heteroatoms. The van der Waals surface area contributed by atoms with Gasteiger partial charge in [-0.2, -0.15) is 0 Å². The summed E-state index contributed by atoms with van der Waals surface area (Å²) in [6.07, 6.45) is 4.12. The van der Waals surface area contributed by atoms with Crippen LogP contribution in [-0.4, -0.2) is 41.3 Å². The fourth-order valence-corrected chi connectivity index (χ4v) is 4.00. The number of benzene rings is 1. The summed E-state index contributed by atoms with van der Waals surface area (Å²) in [5.74, 6) is 0.598. The van der Waals surface area contributed by atoms with E-state index in [-0.39, 0.29) is 11.8 Å². The molecule has 1 aromatic carbocycles. The third-order valence-electron chi connectivity index (χ3n) is 5.67. The molecule has 0 radical (unpaired) electrons. The second-order valence-electron chi connectivity index (χ2n) is 7.50. The Kier molecular flexibility index (Phi) is 4.66. The highest BCUT2D eigenvalue weighted by molar-refractivity contribution is 6.17. The molecule has 27 heavy (non-hydrogen) atoms. The van der Waals surface area contributed by atoms with E-state index >= 15 is 0 Å². The molecule has 2 atom stereocenters. The molecule has 1 saturated heterocycles. The first kappa shape index (κ1) is 17.7. The van der Waals surface area contributed by atoms with Crippen molar-refractivity contribution in [3.63, 3.8) is 0 Å². The Morgan fingerprint density at radius 2 is 2.07 bits per heavy atom. The number of piperidine rings is 1. The monoisotopic (exact) mass is 364 g/mol. The minimum absolute atomic E-state index is 0.0133. The summed E-state index contributed by atoms with van der Waals surface area (Å²) < 4.78 is 0. The first-order chi connectivity index (χ1) is 13.0. The number of likely N-dealkylation sites (tertiary alicyclic amines) is 1. The molecule has 0 bridgehead atoms. The molecule has 3 heterocycles. The van der Waals surface area contributed by atoms with Crippen LogP contribution in [0, 0.1) is 5.92 Å². The molecule has 6 nitrogen and oxygen atoms in total. The highest BCUT2D eigenvalue weighted by Gasteiger charge is 2.32. The van der Waals surface area contributed by atoms with Gasteiger partial charge in [0.2, 0.25) is 5.91 Å². The highest BCUT2D eigenvalue weighted by atomic mass is 16.2. The molecule has 2 aromatic rings. The van der Waals surface area contributed by atoms with Gasteiger partial charge in [0, 0.05) is 18.7 Å². The number of amides is 2. The first-order valence-corrected chi connectivity index (χ1v) is 9.43. The van der Waals surface area contributed by atoms with E-state index in [9.17, 15) is 9.59 Å². The summed E-state index contributed by atoms with van der Waals surface area (Å²) >= 11 is 0. The van der Waals surface area contributed by atoms with Crippen molar-refractivity contribution in [3.05, 3.63) is 48.2 Å². The number of carbonyl (C=O) groups excluding carboxylic acids is 2. The molecule has 2 amide bonds. The number of nitrogens with one attached hydrogen (secondary N) is 1. The van der Waals surface area contributed by atoms with Crippen molar-refractivity contribution in [2.24, 2.45) is 5.92 Å². The predicted molar refractivity (Wildman–Crippen MR) is 105 cm³/mol. The van der Waals surface area contributed by atoms with Gasteiger partial charge in [-0.3, -0.25) is 14.5 Å². The molecule has 0 aliphatic carbocycles. The zero-order valence-electron chi connectivity index (χ0n) is 15.7. The second-order valence-corrected chi connectivity index (χ2v) is 7.50. The number of para-hydroxylation sites is 1. The zero-order valence-corrected chi connectivity index (χ0v) is 15.7. The van der Waals surface area contributed by atoms with Crippen molar-refractivity contribution in [2.75, 3.05) is 23.8 Å². The molecule has 0 spiro atoms. The lowest BCUT2D eigenvalue weighted by Gasteiger charge is -2.35. The number of carbonyl (C=O) groups is 2. The third kappa shape index (κ3) is 3.32. The zero-order chi connectivity index (χ0) is 19.0. The van der Waals surface area contributed by atoms with E-state index in [1.165, 1.54) is 0 Å². The Morgan fingerprint density at radius 1 is 1.26 bits per heavy atom. The summed E-state index contributed by atoms with van der Waals surface area (Å²) in [7, 11) is 2.13. The van der Waals surface area contributed by atoms with Crippen LogP contribution in [0.1, 0.15) is 36.5 Å². The van der Waals surface area contributed by atoms with Gasteiger partial charge in [-0.05, 0) is 63.5 Å². The number of rotatable bonds is 2. The van der Waals surface area contributed by atoms with Crippen LogP contribution in [0.2, 0.25) is 0 Å². The van der Waals surface area contributed by atoms with Gasteiger partial charge in [0.05, 0.1) is 16.9 Å². The number of nitrogens with zero attached hydrogens (tertiary/aromatic N) is 3. The lowest BCUT2D eigenvalue weighted by atomic mass is 9.89. The second kappa shape index (κ2) is 7.12. The molecule has 2 aliphatic rings. The predicted octanol–water partition coefficient (Wildman–Crippen LogP) is 3.43. The standard InChI is InChI=1S/C21H24N4O2/c1-14-12-15(9-11-24(14)2)13-19(26)25-18-8-4-3-6-16(18)21(27)23-17-7-5-10-22-20(17)25/h3-8,10,14-15H,9,11-13H2,1-2H3,(H,23,27)/t14-,15-/m0/s1.